The molecule has 0 atom stereocenters. The van der Waals surface area contributed by atoms with E-state index in [0.717, 1.165) is 23.4 Å². The normalized spacial score (nSPS) is 10.8. The van der Waals surface area contributed by atoms with E-state index in [1.165, 1.54) is 11.8 Å². The number of carbonyl (C=O) groups excluding carboxylic acids is 1. The van der Waals surface area contributed by atoms with E-state index in [4.69, 9.17) is 4.74 Å². The monoisotopic (exact) mass is 416 g/mol. The number of nitrogens with one attached hydrogen (secondary N) is 1. The van der Waals surface area contributed by atoms with Crippen molar-refractivity contribution >= 4 is 17.5 Å². The van der Waals surface area contributed by atoms with E-state index in [9.17, 15) is 18.4 Å². The second-order valence-electron chi connectivity index (χ2n) is 6.14. The van der Waals surface area contributed by atoms with Crippen LogP contribution in [0.3, 0.4) is 0 Å². The Morgan fingerprint density at radius 1 is 1.17 bits per heavy atom. The van der Waals surface area contributed by atoms with Crippen molar-refractivity contribution in [1.82, 2.24) is 9.97 Å². The van der Waals surface area contributed by atoms with Crippen molar-refractivity contribution in [1.29, 1.82) is 0 Å². The van der Waals surface area contributed by atoms with Gasteiger partial charge < -0.3 is 9.72 Å². The molecule has 1 aromatic heterocycles. The van der Waals surface area contributed by atoms with E-state index in [1.54, 1.807) is 14.0 Å². The second kappa shape index (κ2) is 9.00. The molecule has 150 valence electrons. The molecule has 0 aliphatic heterocycles. The van der Waals surface area contributed by atoms with Crippen LogP contribution in [0.1, 0.15) is 34.1 Å². The smallest absolute Gasteiger partial charge is 0.255 e. The van der Waals surface area contributed by atoms with Crippen molar-refractivity contribution in [3.8, 4) is 5.75 Å². The Bertz CT molecular complexity index is 1100. The molecule has 0 saturated carbocycles. The van der Waals surface area contributed by atoms with E-state index in [0.29, 0.717) is 11.8 Å². The molecular formula is C21H18F2N2O3S. The van der Waals surface area contributed by atoms with E-state index >= 15 is 0 Å². The highest BCUT2D eigenvalue weighted by atomic mass is 32.2. The molecule has 3 aromatic rings. The molecule has 8 heteroatoms. The quantitative estimate of drug-likeness (QED) is 0.356. The fourth-order valence-corrected chi connectivity index (χ4v) is 3.55. The van der Waals surface area contributed by atoms with Gasteiger partial charge in [0.05, 0.1) is 12.7 Å². The third kappa shape index (κ3) is 4.71. The molecule has 29 heavy (non-hydrogen) atoms. The second-order valence-corrected chi connectivity index (χ2v) is 7.11. The summed E-state index contributed by atoms with van der Waals surface area (Å²) in [5.74, 6) is -1.31. The maximum Gasteiger partial charge on any atom is 0.255 e. The molecule has 0 radical (unpaired) electrons. The van der Waals surface area contributed by atoms with Crippen molar-refractivity contribution < 1.29 is 18.3 Å². The molecular weight excluding hydrogens is 398 g/mol. The van der Waals surface area contributed by atoms with Crippen LogP contribution in [0.5, 0.6) is 5.75 Å². The predicted molar refractivity (Wildman–Crippen MR) is 107 cm³/mol. The summed E-state index contributed by atoms with van der Waals surface area (Å²) in [5, 5.41) is 0.244. The number of methoxy groups -OCH3 is 1. The van der Waals surface area contributed by atoms with Crippen molar-refractivity contribution in [2.24, 2.45) is 0 Å². The first kappa shape index (κ1) is 20.7. The molecule has 0 spiro atoms. The van der Waals surface area contributed by atoms with Gasteiger partial charge in [0, 0.05) is 17.4 Å². The van der Waals surface area contributed by atoms with Crippen molar-refractivity contribution in [3.63, 3.8) is 0 Å². The van der Waals surface area contributed by atoms with Crippen molar-refractivity contribution in [2.45, 2.75) is 24.3 Å². The van der Waals surface area contributed by atoms with Crippen LogP contribution in [0.25, 0.3) is 0 Å². The van der Waals surface area contributed by atoms with Gasteiger partial charge in [-0.3, -0.25) is 9.59 Å². The largest absolute Gasteiger partial charge is 0.497 e. The molecule has 3 rings (SSSR count). The minimum atomic E-state index is -0.994. The summed E-state index contributed by atoms with van der Waals surface area (Å²) in [7, 11) is 1.58. The van der Waals surface area contributed by atoms with Crippen LogP contribution >= 0.6 is 11.8 Å². The lowest BCUT2D eigenvalue weighted by Crippen LogP contribution is -2.22. The number of ketones is 1. The van der Waals surface area contributed by atoms with Crippen LogP contribution in [0.15, 0.2) is 52.4 Å². The van der Waals surface area contributed by atoms with E-state index in [-0.39, 0.29) is 28.4 Å². The molecule has 0 saturated heterocycles. The number of rotatable bonds is 7. The van der Waals surface area contributed by atoms with E-state index < -0.39 is 23.0 Å². The van der Waals surface area contributed by atoms with Crippen LogP contribution in [0, 0.1) is 11.6 Å². The van der Waals surface area contributed by atoms with Gasteiger partial charge in [0.25, 0.3) is 5.56 Å². The maximum atomic E-state index is 14.1. The number of ether oxygens (including phenoxy) is 1. The van der Waals surface area contributed by atoms with Gasteiger partial charge in [0.15, 0.2) is 5.16 Å². The van der Waals surface area contributed by atoms with Crippen LogP contribution in [0.4, 0.5) is 8.78 Å². The third-order valence-electron chi connectivity index (χ3n) is 4.27. The number of carbonyl (C=O) groups is 1. The number of hydrogen-bond acceptors (Lipinski definition) is 5. The molecule has 1 N–H and O–H groups in total. The minimum Gasteiger partial charge on any atom is -0.497 e. The Morgan fingerprint density at radius 3 is 2.52 bits per heavy atom. The number of halogens is 2. The standard InChI is InChI=1S/C21H18F2N2O3S/c1-3-15-18(19(26)16-9-6-13(22)10-17(16)23)24-21(25-20(15)27)29-11-12-4-7-14(28-2)8-5-12/h4-10H,3,11H2,1-2H3,(H,24,25,27). The highest BCUT2D eigenvalue weighted by Gasteiger charge is 2.22. The molecule has 5 nitrogen and oxygen atoms in total. The van der Waals surface area contributed by atoms with Crippen molar-refractivity contribution in [2.75, 3.05) is 7.11 Å². The fraction of sp³-hybridized carbons (Fsp3) is 0.190. The molecule has 2 aromatic carbocycles. The summed E-state index contributed by atoms with van der Waals surface area (Å²) in [4.78, 5) is 32.2. The van der Waals surface area contributed by atoms with Gasteiger partial charge in [-0.2, -0.15) is 0 Å². The maximum absolute atomic E-state index is 14.1. The van der Waals surface area contributed by atoms with Gasteiger partial charge in [-0.1, -0.05) is 30.8 Å². The zero-order valence-electron chi connectivity index (χ0n) is 15.8. The first-order valence-electron chi connectivity index (χ1n) is 8.81. The zero-order valence-corrected chi connectivity index (χ0v) is 16.6. The van der Waals surface area contributed by atoms with Gasteiger partial charge in [-0.15, -0.1) is 0 Å². The number of benzene rings is 2. The molecule has 0 fully saturated rings. The zero-order chi connectivity index (χ0) is 21.0. The van der Waals surface area contributed by atoms with Gasteiger partial charge >= 0.3 is 0 Å². The van der Waals surface area contributed by atoms with Crippen LogP contribution in [0.2, 0.25) is 0 Å². The Balaban J connectivity index is 1.91. The first-order chi connectivity index (χ1) is 13.9. The molecule has 0 amide bonds. The number of nitrogens with zero attached hydrogens (tertiary/aromatic N) is 1. The number of aromatic nitrogens is 2. The Labute approximate surface area is 170 Å². The summed E-state index contributed by atoms with van der Waals surface area (Å²) in [6.45, 7) is 1.70. The molecule has 0 aliphatic rings. The Hall–Kier alpha value is -3.00. The number of H-pyrrole nitrogens is 1. The number of thioether (sulfide) groups is 1. The van der Waals surface area contributed by atoms with Gasteiger partial charge in [-0.25, -0.2) is 13.8 Å². The lowest BCUT2D eigenvalue weighted by atomic mass is 10.0. The number of aromatic amines is 1. The molecule has 0 unspecified atom stereocenters. The lowest BCUT2D eigenvalue weighted by Gasteiger charge is -2.09. The van der Waals surface area contributed by atoms with Gasteiger partial charge in [-0.05, 0) is 36.2 Å². The highest BCUT2D eigenvalue weighted by molar-refractivity contribution is 7.98. The predicted octanol–water partition coefficient (Wildman–Crippen LogP) is 4.14. The molecule has 1 heterocycles. The number of hydrogen-bond donors (Lipinski definition) is 1. The topological polar surface area (TPSA) is 72.0 Å². The average Bonchev–Trinajstić information content (AvgIpc) is 2.71. The summed E-state index contributed by atoms with van der Waals surface area (Å²) in [6.07, 6.45) is 0.246. The summed E-state index contributed by atoms with van der Waals surface area (Å²) in [5.41, 5.74) is 0.220. The first-order valence-corrected chi connectivity index (χ1v) is 9.80. The van der Waals surface area contributed by atoms with E-state index in [2.05, 4.69) is 9.97 Å². The van der Waals surface area contributed by atoms with Crippen LogP contribution in [-0.2, 0) is 12.2 Å². The van der Waals surface area contributed by atoms with Gasteiger partial charge in [0.1, 0.15) is 23.1 Å². The lowest BCUT2D eigenvalue weighted by molar-refractivity contribution is 0.102. The molecule has 0 bridgehead atoms. The summed E-state index contributed by atoms with van der Waals surface area (Å²) < 4.78 is 32.3. The fourth-order valence-electron chi connectivity index (χ4n) is 2.74. The summed E-state index contributed by atoms with van der Waals surface area (Å²) >= 11 is 1.24. The summed E-state index contributed by atoms with van der Waals surface area (Å²) in [6, 6.07) is 10.1. The Morgan fingerprint density at radius 2 is 1.90 bits per heavy atom. The van der Waals surface area contributed by atoms with E-state index in [1.807, 2.05) is 24.3 Å². The minimum absolute atomic E-state index is 0.126. The van der Waals surface area contributed by atoms with Crippen LogP contribution < -0.4 is 10.3 Å². The third-order valence-corrected chi connectivity index (χ3v) is 5.22. The Kier molecular flexibility index (Phi) is 6.43. The highest BCUT2D eigenvalue weighted by Crippen LogP contribution is 2.22. The van der Waals surface area contributed by atoms with Gasteiger partial charge in [0.2, 0.25) is 5.78 Å². The van der Waals surface area contributed by atoms with Crippen LogP contribution in [-0.4, -0.2) is 22.9 Å². The van der Waals surface area contributed by atoms with Crippen molar-refractivity contribution in [3.05, 3.63) is 86.8 Å². The SMILES string of the molecule is CCc1c(C(=O)c2ccc(F)cc2F)nc(SCc2ccc(OC)cc2)[nH]c1=O. The average molecular weight is 416 g/mol. The molecule has 0 aliphatic carbocycles.